The minimum atomic E-state index is -1.85. The molecule has 1 N–H and O–H groups in total. The molecule has 1 amide bonds. The van der Waals surface area contributed by atoms with Gasteiger partial charge >= 0.3 is 11.9 Å². The van der Waals surface area contributed by atoms with Crippen LogP contribution in [0, 0.1) is 11.3 Å². The lowest BCUT2D eigenvalue weighted by atomic mass is 9.95. The van der Waals surface area contributed by atoms with Gasteiger partial charge in [0.15, 0.2) is 0 Å². The second-order valence-electron chi connectivity index (χ2n) is 3.72. The zero-order valence-corrected chi connectivity index (χ0v) is 11.3. The molecular formula is C12H18N2O5. The number of nitriles is 1. The molecule has 0 spiro atoms. The van der Waals surface area contributed by atoms with Gasteiger partial charge in [0, 0.05) is 19.8 Å². The normalized spacial score (nSPS) is 12.7. The van der Waals surface area contributed by atoms with Gasteiger partial charge in [0.25, 0.3) is 0 Å². The second kappa shape index (κ2) is 8.08. The lowest BCUT2D eigenvalue weighted by molar-refractivity contribution is -0.151. The Bertz CT molecular complexity index is 388. The summed E-state index contributed by atoms with van der Waals surface area (Å²) in [6, 6.07) is 1.71. The lowest BCUT2D eigenvalue weighted by Crippen LogP contribution is -2.54. The third kappa shape index (κ3) is 5.38. The molecule has 0 unspecified atom stereocenters. The number of hydrogen-bond acceptors (Lipinski definition) is 6. The van der Waals surface area contributed by atoms with Gasteiger partial charge in [-0.1, -0.05) is 0 Å². The topological polar surface area (TPSA) is 105 Å². The number of ether oxygens (including phenoxy) is 2. The Morgan fingerprint density at radius 1 is 1.21 bits per heavy atom. The van der Waals surface area contributed by atoms with Crippen molar-refractivity contribution in [3.05, 3.63) is 0 Å². The Hall–Kier alpha value is -2.10. The highest BCUT2D eigenvalue weighted by atomic mass is 16.5. The zero-order chi connectivity index (χ0) is 14.9. The van der Waals surface area contributed by atoms with Crippen LogP contribution in [0.25, 0.3) is 0 Å². The summed E-state index contributed by atoms with van der Waals surface area (Å²) in [5.74, 6) is -1.98. The molecule has 0 radical (unpaired) electrons. The highest BCUT2D eigenvalue weighted by molar-refractivity contribution is 5.90. The molecule has 7 heteroatoms. The highest BCUT2D eigenvalue weighted by Crippen LogP contribution is 2.15. The first-order valence-corrected chi connectivity index (χ1v) is 5.94. The van der Waals surface area contributed by atoms with E-state index < -0.39 is 23.4 Å². The fourth-order valence-electron chi connectivity index (χ4n) is 1.42. The zero-order valence-electron chi connectivity index (χ0n) is 11.3. The van der Waals surface area contributed by atoms with Gasteiger partial charge in [-0.15, -0.1) is 0 Å². The Kier molecular flexibility index (Phi) is 7.19. The molecule has 0 heterocycles. The van der Waals surface area contributed by atoms with E-state index in [0.717, 1.165) is 0 Å². The van der Waals surface area contributed by atoms with Gasteiger partial charge in [0.2, 0.25) is 11.4 Å². The van der Waals surface area contributed by atoms with Crippen LogP contribution >= 0.6 is 0 Å². The van der Waals surface area contributed by atoms with Crippen molar-refractivity contribution < 1.29 is 23.9 Å². The summed E-state index contributed by atoms with van der Waals surface area (Å²) >= 11 is 0. The van der Waals surface area contributed by atoms with E-state index in [2.05, 4.69) is 5.32 Å². The van der Waals surface area contributed by atoms with Crippen LogP contribution in [0.15, 0.2) is 0 Å². The summed E-state index contributed by atoms with van der Waals surface area (Å²) in [4.78, 5) is 34.2. The molecule has 0 aliphatic rings. The largest absolute Gasteiger partial charge is 0.466 e. The molecular weight excluding hydrogens is 252 g/mol. The van der Waals surface area contributed by atoms with E-state index in [1.165, 1.54) is 6.92 Å². The maximum Gasteiger partial charge on any atom is 0.346 e. The van der Waals surface area contributed by atoms with E-state index in [0.29, 0.717) is 0 Å². The van der Waals surface area contributed by atoms with Crippen molar-refractivity contribution in [3.8, 4) is 6.07 Å². The Balaban J connectivity index is 4.93. The SMILES string of the molecule is CCOC(=O)CC[C@](C#N)(NC(C)=O)C(=O)OCC. The summed E-state index contributed by atoms with van der Waals surface area (Å²) in [6.07, 6.45) is -0.360. The highest BCUT2D eigenvalue weighted by Gasteiger charge is 2.41. The van der Waals surface area contributed by atoms with Crippen molar-refractivity contribution in [1.29, 1.82) is 5.26 Å². The first-order valence-electron chi connectivity index (χ1n) is 5.94. The van der Waals surface area contributed by atoms with Crippen LogP contribution in [0.1, 0.15) is 33.6 Å². The van der Waals surface area contributed by atoms with Crippen molar-refractivity contribution in [1.82, 2.24) is 5.32 Å². The molecule has 106 valence electrons. The van der Waals surface area contributed by atoms with Crippen LogP contribution < -0.4 is 5.32 Å². The first-order chi connectivity index (χ1) is 8.91. The van der Waals surface area contributed by atoms with Gasteiger partial charge in [0.1, 0.15) is 6.07 Å². The minimum absolute atomic E-state index is 0.0707. The van der Waals surface area contributed by atoms with E-state index >= 15 is 0 Å². The molecule has 0 bridgehead atoms. The Morgan fingerprint density at radius 3 is 2.21 bits per heavy atom. The number of nitrogens with zero attached hydrogens (tertiary/aromatic N) is 1. The molecule has 0 aromatic heterocycles. The number of carbonyl (C=O) groups is 3. The number of hydrogen-bond donors (Lipinski definition) is 1. The maximum atomic E-state index is 11.8. The fraction of sp³-hybridized carbons (Fsp3) is 0.667. The summed E-state index contributed by atoms with van der Waals surface area (Å²) in [5.41, 5.74) is -1.85. The Labute approximate surface area is 111 Å². The number of esters is 2. The van der Waals surface area contributed by atoms with Gasteiger partial charge in [-0.05, 0) is 13.8 Å². The quantitative estimate of drug-likeness (QED) is 0.666. The molecule has 0 saturated heterocycles. The molecule has 0 aromatic carbocycles. The van der Waals surface area contributed by atoms with Crippen LogP contribution in [0.2, 0.25) is 0 Å². The van der Waals surface area contributed by atoms with Crippen molar-refractivity contribution in [3.63, 3.8) is 0 Å². The summed E-state index contributed by atoms with van der Waals surface area (Å²) in [5, 5.41) is 11.4. The van der Waals surface area contributed by atoms with Crippen molar-refractivity contribution in [2.45, 2.75) is 39.2 Å². The van der Waals surface area contributed by atoms with Crippen LogP contribution in [0.4, 0.5) is 0 Å². The van der Waals surface area contributed by atoms with E-state index in [-0.39, 0.29) is 26.1 Å². The molecule has 19 heavy (non-hydrogen) atoms. The standard InChI is InChI=1S/C12H18N2O5/c1-4-18-10(16)6-7-12(8-13,14-9(3)15)11(17)19-5-2/h4-7H2,1-3H3,(H,14,15)/t12-/m1/s1. The van der Waals surface area contributed by atoms with Gasteiger partial charge in [-0.2, -0.15) is 5.26 Å². The van der Waals surface area contributed by atoms with Gasteiger partial charge < -0.3 is 14.8 Å². The number of amides is 1. The van der Waals surface area contributed by atoms with Crippen molar-refractivity contribution in [2.75, 3.05) is 13.2 Å². The number of nitrogens with one attached hydrogen (secondary N) is 1. The molecule has 0 aliphatic heterocycles. The molecule has 1 atom stereocenters. The molecule has 0 saturated carbocycles. The predicted octanol–water partition coefficient (Wildman–Crippen LogP) is 0.291. The molecule has 0 aliphatic carbocycles. The smallest absolute Gasteiger partial charge is 0.346 e. The van der Waals surface area contributed by atoms with E-state index in [9.17, 15) is 14.4 Å². The Morgan fingerprint density at radius 2 is 1.79 bits per heavy atom. The third-order valence-electron chi connectivity index (χ3n) is 2.21. The van der Waals surface area contributed by atoms with E-state index in [4.69, 9.17) is 14.7 Å². The van der Waals surface area contributed by atoms with Crippen LogP contribution in [-0.2, 0) is 23.9 Å². The van der Waals surface area contributed by atoms with Crippen LogP contribution in [0.5, 0.6) is 0 Å². The molecule has 0 fully saturated rings. The van der Waals surface area contributed by atoms with Gasteiger partial charge in [-0.3, -0.25) is 9.59 Å². The average Bonchev–Trinajstić information content (AvgIpc) is 2.34. The fourth-order valence-corrected chi connectivity index (χ4v) is 1.42. The molecule has 0 aromatic rings. The second-order valence-corrected chi connectivity index (χ2v) is 3.72. The number of carbonyl (C=O) groups excluding carboxylic acids is 3. The number of rotatable bonds is 7. The third-order valence-corrected chi connectivity index (χ3v) is 2.21. The van der Waals surface area contributed by atoms with Crippen molar-refractivity contribution in [2.24, 2.45) is 0 Å². The van der Waals surface area contributed by atoms with Crippen molar-refractivity contribution >= 4 is 17.8 Å². The summed E-state index contributed by atoms with van der Waals surface area (Å²) in [7, 11) is 0. The average molecular weight is 270 g/mol. The summed E-state index contributed by atoms with van der Waals surface area (Å²) in [6.45, 7) is 4.68. The first kappa shape index (κ1) is 16.9. The molecule has 7 nitrogen and oxygen atoms in total. The van der Waals surface area contributed by atoms with Gasteiger partial charge in [0.05, 0.1) is 13.2 Å². The van der Waals surface area contributed by atoms with Gasteiger partial charge in [-0.25, -0.2) is 4.79 Å². The summed E-state index contributed by atoms with van der Waals surface area (Å²) < 4.78 is 9.48. The molecule has 0 rings (SSSR count). The monoisotopic (exact) mass is 270 g/mol. The van der Waals surface area contributed by atoms with Crippen LogP contribution in [0.3, 0.4) is 0 Å². The van der Waals surface area contributed by atoms with E-state index in [1.807, 2.05) is 0 Å². The lowest BCUT2D eigenvalue weighted by Gasteiger charge is -2.24. The maximum absolute atomic E-state index is 11.8. The minimum Gasteiger partial charge on any atom is -0.466 e. The van der Waals surface area contributed by atoms with E-state index in [1.54, 1.807) is 19.9 Å². The predicted molar refractivity (Wildman–Crippen MR) is 64.7 cm³/mol. The van der Waals surface area contributed by atoms with Crippen LogP contribution in [-0.4, -0.2) is 36.6 Å².